The number of rotatable bonds is 15. The fraction of sp³-hybridized carbons (Fsp3) is 0.281. The van der Waals surface area contributed by atoms with Crippen molar-refractivity contribution in [3.05, 3.63) is 114 Å². The van der Waals surface area contributed by atoms with Gasteiger partial charge in [0.05, 0.1) is 7.11 Å². The first-order valence-corrected chi connectivity index (χ1v) is 14.4. The number of thioether (sulfide) groups is 1. The van der Waals surface area contributed by atoms with E-state index in [1.807, 2.05) is 48.5 Å². The summed E-state index contributed by atoms with van der Waals surface area (Å²) in [5.74, 6) is 2.64. The summed E-state index contributed by atoms with van der Waals surface area (Å²) in [6.45, 7) is 1.30. The molecule has 0 saturated carbocycles. The Kier molecular flexibility index (Phi) is 11.2. The smallest absolute Gasteiger partial charge is 0.220 e. The highest BCUT2D eigenvalue weighted by molar-refractivity contribution is 7.99. The molecular weight excluding hydrogens is 504 g/mol. The molecule has 4 rings (SSSR count). The molecule has 0 aliphatic rings. The number of ether oxygens (including phenoxy) is 1. The first kappa shape index (κ1) is 28.2. The molecular formula is C32H36N4O2S. The van der Waals surface area contributed by atoms with E-state index < -0.39 is 0 Å². The molecule has 202 valence electrons. The fourth-order valence-corrected chi connectivity index (χ4v) is 5.08. The fourth-order valence-electron chi connectivity index (χ4n) is 4.29. The van der Waals surface area contributed by atoms with Crippen LogP contribution in [0.25, 0.3) is 6.08 Å². The highest BCUT2D eigenvalue weighted by atomic mass is 32.2. The SMILES string of the molecule is COc1ccccc1CNC(=O)CCCCc1nnc(SCC=Cc2ccccc2)n1CCc1ccccc1. The van der Waals surface area contributed by atoms with Gasteiger partial charge in [0.1, 0.15) is 11.6 Å². The minimum absolute atomic E-state index is 0.0490. The Morgan fingerprint density at radius 3 is 2.46 bits per heavy atom. The third kappa shape index (κ3) is 9.14. The number of aryl methyl sites for hydroxylation is 2. The molecule has 4 aromatic rings. The molecule has 1 heterocycles. The number of unbranched alkanes of at least 4 members (excludes halogenated alkanes) is 1. The lowest BCUT2D eigenvalue weighted by atomic mass is 10.1. The number of hydrogen-bond acceptors (Lipinski definition) is 5. The summed E-state index contributed by atoms with van der Waals surface area (Å²) in [6, 6.07) is 28.6. The van der Waals surface area contributed by atoms with E-state index in [1.54, 1.807) is 18.9 Å². The van der Waals surface area contributed by atoms with Crippen LogP contribution in [0.2, 0.25) is 0 Å². The first-order chi connectivity index (χ1) is 19.2. The second kappa shape index (κ2) is 15.5. The zero-order chi connectivity index (χ0) is 27.1. The van der Waals surface area contributed by atoms with E-state index in [0.717, 1.165) is 60.3 Å². The van der Waals surface area contributed by atoms with E-state index in [1.165, 1.54) is 11.1 Å². The van der Waals surface area contributed by atoms with Gasteiger partial charge in [-0.25, -0.2) is 0 Å². The van der Waals surface area contributed by atoms with Gasteiger partial charge >= 0.3 is 0 Å². The van der Waals surface area contributed by atoms with Gasteiger partial charge in [-0.15, -0.1) is 10.2 Å². The van der Waals surface area contributed by atoms with Gasteiger partial charge < -0.3 is 14.6 Å². The molecule has 0 bridgehead atoms. The molecule has 0 radical (unpaired) electrons. The van der Waals surface area contributed by atoms with E-state index in [-0.39, 0.29) is 5.91 Å². The van der Waals surface area contributed by atoms with Gasteiger partial charge in [-0.1, -0.05) is 103 Å². The molecule has 1 N–H and O–H groups in total. The summed E-state index contributed by atoms with van der Waals surface area (Å²) < 4.78 is 7.61. The Balaban J connectivity index is 1.29. The van der Waals surface area contributed by atoms with Crippen molar-refractivity contribution in [3.8, 4) is 5.75 Å². The maximum atomic E-state index is 12.4. The van der Waals surface area contributed by atoms with Gasteiger partial charge in [0, 0.05) is 37.2 Å². The minimum Gasteiger partial charge on any atom is -0.496 e. The minimum atomic E-state index is 0.0490. The number of aromatic nitrogens is 3. The van der Waals surface area contributed by atoms with Crippen molar-refractivity contribution >= 4 is 23.7 Å². The highest BCUT2D eigenvalue weighted by Gasteiger charge is 2.13. The zero-order valence-corrected chi connectivity index (χ0v) is 23.3. The zero-order valence-electron chi connectivity index (χ0n) is 22.5. The Hall–Kier alpha value is -3.84. The molecule has 1 aromatic heterocycles. The van der Waals surface area contributed by atoms with Crippen LogP contribution in [0.5, 0.6) is 5.75 Å². The lowest BCUT2D eigenvalue weighted by molar-refractivity contribution is -0.121. The van der Waals surface area contributed by atoms with Crippen LogP contribution in [0, 0.1) is 0 Å². The molecule has 0 fully saturated rings. The largest absolute Gasteiger partial charge is 0.496 e. The molecule has 0 aliphatic heterocycles. The number of methoxy groups -OCH3 is 1. The second-order valence-electron chi connectivity index (χ2n) is 9.21. The summed E-state index contributed by atoms with van der Waals surface area (Å²) in [5.41, 5.74) is 3.46. The quantitative estimate of drug-likeness (QED) is 0.140. The van der Waals surface area contributed by atoms with Crippen molar-refractivity contribution in [2.75, 3.05) is 12.9 Å². The first-order valence-electron chi connectivity index (χ1n) is 13.4. The molecule has 39 heavy (non-hydrogen) atoms. The third-order valence-corrected chi connectivity index (χ3v) is 7.32. The normalized spacial score (nSPS) is 11.1. The van der Waals surface area contributed by atoms with Gasteiger partial charge in [0.2, 0.25) is 5.91 Å². The summed E-state index contributed by atoms with van der Waals surface area (Å²) >= 11 is 1.70. The maximum absolute atomic E-state index is 12.4. The van der Waals surface area contributed by atoms with Crippen molar-refractivity contribution < 1.29 is 9.53 Å². The van der Waals surface area contributed by atoms with Crippen LogP contribution < -0.4 is 10.1 Å². The Bertz CT molecular complexity index is 1320. The topological polar surface area (TPSA) is 69.0 Å². The van der Waals surface area contributed by atoms with E-state index in [9.17, 15) is 4.79 Å². The van der Waals surface area contributed by atoms with Crippen molar-refractivity contribution in [2.24, 2.45) is 0 Å². The monoisotopic (exact) mass is 540 g/mol. The number of carbonyl (C=O) groups excluding carboxylic acids is 1. The predicted molar refractivity (Wildman–Crippen MR) is 159 cm³/mol. The van der Waals surface area contributed by atoms with E-state index in [4.69, 9.17) is 4.74 Å². The van der Waals surface area contributed by atoms with Crippen molar-refractivity contribution in [3.63, 3.8) is 0 Å². The van der Waals surface area contributed by atoms with Crippen molar-refractivity contribution in [1.29, 1.82) is 0 Å². The number of nitrogens with one attached hydrogen (secondary N) is 1. The molecule has 0 aliphatic carbocycles. The van der Waals surface area contributed by atoms with Crippen LogP contribution in [0.15, 0.2) is 96.2 Å². The van der Waals surface area contributed by atoms with Crippen molar-refractivity contribution in [2.45, 2.75) is 50.4 Å². The number of para-hydroxylation sites is 1. The standard InChI is InChI=1S/C32H36N4O2S/c1-38-29-19-9-8-18-28(29)25-33-31(37)21-11-10-20-30-34-35-32(36(30)23-22-27-15-6-3-7-16-27)39-24-12-17-26-13-4-2-5-14-26/h2-9,12-19H,10-11,20-25H2,1H3,(H,33,37). The second-order valence-corrected chi connectivity index (χ2v) is 10.2. The summed E-state index contributed by atoms with van der Waals surface area (Å²) in [6.07, 6.45) is 8.18. The number of benzene rings is 3. The average molecular weight is 541 g/mol. The van der Waals surface area contributed by atoms with Crippen LogP contribution in [-0.2, 0) is 30.7 Å². The lowest BCUT2D eigenvalue weighted by Gasteiger charge is -2.11. The summed E-state index contributed by atoms with van der Waals surface area (Å²) in [7, 11) is 1.64. The van der Waals surface area contributed by atoms with Crippen LogP contribution >= 0.6 is 11.8 Å². The lowest BCUT2D eigenvalue weighted by Crippen LogP contribution is -2.22. The number of hydrogen-bond donors (Lipinski definition) is 1. The molecule has 7 heteroatoms. The van der Waals surface area contributed by atoms with Gasteiger partial charge in [0.15, 0.2) is 5.16 Å². The molecule has 1 amide bonds. The van der Waals surface area contributed by atoms with E-state index in [2.05, 4.69) is 68.6 Å². The van der Waals surface area contributed by atoms with Crippen LogP contribution in [0.1, 0.15) is 41.8 Å². The van der Waals surface area contributed by atoms with Gasteiger partial charge in [-0.3, -0.25) is 4.79 Å². The van der Waals surface area contributed by atoms with E-state index in [0.29, 0.717) is 13.0 Å². The van der Waals surface area contributed by atoms with Crippen LogP contribution in [0.3, 0.4) is 0 Å². The Labute approximate surface area is 235 Å². The number of carbonyl (C=O) groups is 1. The maximum Gasteiger partial charge on any atom is 0.220 e. The Morgan fingerprint density at radius 1 is 0.923 bits per heavy atom. The Morgan fingerprint density at radius 2 is 1.67 bits per heavy atom. The van der Waals surface area contributed by atoms with Gasteiger partial charge in [0.25, 0.3) is 0 Å². The molecule has 0 saturated heterocycles. The van der Waals surface area contributed by atoms with Gasteiger partial charge in [-0.2, -0.15) is 0 Å². The molecule has 0 atom stereocenters. The average Bonchev–Trinajstić information content (AvgIpc) is 3.37. The molecule has 3 aromatic carbocycles. The van der Waals surface area contributed by atoms with Crippen molar-refractivity contribution in [1.82, 2.24) is 20.1 Å². The molecule has 0 unspecified atom stereocenters. The third-order valence-electron chi connectivity index (χ3n) is 6.40. The van der Waals surface area contributed by atoms with Crippen LogP contribution in [-0.4, -0.2) is 33.5 Å². The molecule has 0 spiro atoms. The highest BCUT2D eigenvalue weighted by Crippen LogP contribution is 2.20. The molecule has 6 nitrogen and oxygen atoms in total. The van der Waals surface area contributed by atoms with Gasteiger partial charge in [-0.05, 0) is 36.5 Å². The summed E-state index contributed by atoms with van der Waals surface area (Å²) in [4.78, 5) is 12.4. The number of nitrogens with zero attached hydrogens (tertiary/aromatic N) is 3. The predicted octanol–water partition coefficient (Wildman–Crippen LogP) is 6.36. The number of amides is 1. The van der Waals surface area contributed by atoms with E-state index >= 15 is 0 Å². The van der Waals surface area contributed by atoms with Crippen LogP contribution in [0.4, 0.5) is 0 Å². The summed E-state index contributed by atoms with van der Waals surface area (Å²) in [5, 5.41) is 13.0.